The molecule has 2 rings (SSSR count). The van der Waals surface area contributed by atoms with Gasteiger partial charge in [-0.05, 0) is 38.0 Å². The smallest absolute Gasteiger partial charge is 0.433 e. The van der Waals surface area contributed by atoms with Crippen molar-refractivity contribution < 1.29 is 22.1 Å². The van der Waals surface area contributed by atoms with Crippen LogP contribution in [0.3, 0.4) is 0 Å². The predicted molar refractivity (Wildman–Crippen MR) is 81.0 cm³/mol. The van der Waals surface area contributed by atoms with E-state index in [1.54, 1.807) is 13.8 Å². The molecular weight excluding hydrogens is 352 g/mol. The lowest BCUT2D eigenvalue weighted by Gasteiger charge is -2.16. The number of halogens is 4. The average Bonchev–Trinajstić information content (AvgIpc) is 2.62. The van der Waals surface area contributed by atoms with Gasteiger partial charge >= 0.3 is 6.18 Å². The predicted octanol–water partition coefficient (Wildman–Crippen LogP) is 3.75. The van der Waals surface area contributed by atoms with Crippen LogP contribution in [-0.2, 0) is 11.2 Å². The molecule has 1 unspecified atom stereocenters. The summed E-state index contributed by atoms with van der Waals surface area (Å²) in [6.07, 6.45) is -4.57. The van der Waals surface area contributed by atoms with E-state index in [4.69, 9.17) is 5.41 Å². The summed E-state index contributed by atoms with van der Waals surface area (Å²) in [6.45, 7) is 4.87. The van der Waals surface area contributed by atoms with Crippen LogP contribution in [0.2, 0.25) is 0 Å². The minimum atomic E-state index is -4.57. The number of nitrogens with one attached hydrogen (secondary N) is 1. The van der Waals surface area contributed by atoms with Gasteiger partial charge < -0.3 is 4.55 Å². The highest BCUT2D eigenvalue weighted by Gasteiger charge is 2.36. The standard InChI is InChI=1S/C14H14F4N2OS2/c1-7-4-10(15)11(20-8(2)9(3)22-13(20)19)5-12(7)23(21)6-14(16,17)18/h4-5,19H,6H2,1-3H3. The molecule has 0 spiro atoms. The van der Waals surface area contributed by atoms with Crippen molar-refractivity contribution in [2.75, 3.05) is 5.75 Å². The summed E-state index contributed by atoms with van der Waals surface area (Å²) < 4.78 is 64.9. The minimum Gasteiger partial charge on any atom is -0.611 e. The van der Waals surface area contributed by atoms with Crippen molar-refractivity contribution in [1.29, 1.82) is 5.41 Å². The molecule has 3 nitrogen and oxygen atoms in total. The molecule has 1 atom stereocenters. The van der Waals surface area contributed by atoms with E-state index in [1.165, 1.54) is 11.5 Å². The van der Waals surface area contributed by atoms with Crippen molar-refractivity contribution in [3.8, 4) is 5.69 Å². The van der Waals surface area contributed by atoms with Crippen LogP contribution in [0.15, 0.2) is 17.0 Å². The number of aryl methyl sites for hydroxylation is 2. The Bertz CT molecular complexity index is 795. The lowest BCUT2D eigenvalue weighted by Crippen LogP contribution is -2.24. The maximum Gasteiger partial charge on any atom is 0.433 e. The van der Waals surface area contributed by atoms with Crippen LogP contribution in [0.5, 0.6) is 0 Å². The first-order valence-corrected chi connectivity index (χ1v) is 8.64. The summed E-state index contributed by atoms with van der Waals surface area (Å²) in [5.74, 6) is -2.16. The van der Waals surface area contributed by atoms with Crippen LogP contribution >= 0.6 is 11.3 Å². The monoisotopic (exact) mass is 366 g/mol. The van der Waals surface area contributed by atoms with Gasteiger partial charge in [0.2, 0.25) is 5.75 Å². The molecule has 0 radical (unpaired) electrons. The summed E-state index contributed by atoms with van der Waals surface area (Å²) in [7, 11) is 0. The van der Waals surface area contributed by atoms with Crippen LogP contribution < -0.4 is 4.80 Å². The van der Waals surface area contributed by atoms with E-state index in [1.807, 2.05) is 0 Å². The van der Waals surface area contributed by atoms with Gasteiger partial charge in [0, 0.05) is 22.2 Å². The first-order chi connectivity index (χ1) is 10.5. The second-order valence-corrected chi connectivity index (χ2v) is 7.68. The van der Waals surface area contributed by atoms with E-state index < -0.39 is 28.9 Å². The topological polar surface area (TPSA) is 51.8 Å². The zero-order valence-electron chi connectivity index (χ0n) is 12.5. The van der Waals surface area contributed by atoms with Crippen LogP contribution in [0.4, 0.5) is 17.6 Å². The van der Waals surface area contributed by atoms with E-state index >= 15 is 0 Å². The van der Waals surface area contributed by atoms with Crippen LogP contribution in [-0.4, -0.2) is 21.0 Å². The fraction of sp³-hybridized carbons (Fsp3) is 0.357. The van der Waals surface area contributed by atoms with Crippen molar-refractivity contribution in [3.05, 3.63) is 38.9 Å². The Morgan fingerprint density at radius 1 is 1.26 bits per heavy atom. The molecule has 0 aliphatic carbocycles. The highest BCUT2D eigenvalue weighted by Crippen LogP contribution is 2.28. The molecule has 126 valence electrons. The Morgan fingerprint density at radius 3 is 2.35 bits per heavy atom. The summed E-state index contributed by atoms with van der Waals surface area (Å²) in [6, 6.07) is 2.20. The number of nitrogens with zero attached hydrogens (tertiary/aromatic N) is 1. The highest BCUT2D eigenvalue weighted by atomic mass is 32.2. The normalized spacial score (nSPS) is 13.4. The Labute approximate surface area is 137 Å². The first kappa shape index (κ1) is 18.0. The number of aromatic nitrogens is 1. The molecule has 1 aromatic carbocycles. The molecule has 1 N–H and O–H groups in total. The Hall–Kier alpha value is -1.32. The van der Waals surface area contributed by atoms with Gasteiger partial charge in [-0.1, -0.05) is 0 Å². The molecule has 0 saturated heterocycles. The van der Waals surface area contributed by atoms with Crippen molar-refractivity contribution in [2.45, 2.75) is 31.8 Å². The Kier molecular flexibility index (Phi) is 4.93. The second kappa shape index (κ2) is 6.29. The maximum atomic E-state index is 14.3. The van der Waals surface area contributed by atoms with Crippen molar-refractivity contribution in [3.63, 3.8) is 0 Å². The van der Waals surface area contributed by atoms with Gasteiger partial charge in [-0.2, -0.15) is 13.2 Å². The lowest BCUT2D eigenvalue weighted by molar-refractivity contribution is -0.106. The van der Waals surface area contributed by atoms with Gasteiger partial charge in [0.15, 0.2) is 9.70 Å². The van der Waals surface area contributed by atoms with E-state index in [9.17, 15) is 22.1 Å². The zero-order valence-corrected chi connectivity index (χ0v) is 14.2. The van der Waals surface area contributed by atoms with E-state index in [2.05, 4.69) is 0 Å². The fourth-order valence-electron chi connectivity index (χ4n) is 2.15. The lowest BCUT2D eigenvalue weighted by atomic mass is 10.2. The summed E-state index contributed by atoms with van der Waals surface area (Å²) in [5.41, 5.74) is 0.744. The number of alkyl halides is 3. The third-order valence-corrected chi connectivity index (χ3v) is 5.82. The van der Waals surface area contributed by atoms with Crippen molar-refractivity contribution >= 4 is 22.5 Å². The molecule has 0 bridgehead atoms. The quantitative estimate of drug-likeness (QED) is 0.653. The van der Waals surface area contributed by atoms with E-state index in [0.717, 1.165) is 28.3 Å². The molecule has 9 heteroatoms. The van der Waals surface area contributed by atoms with Gasteiger partial charge in [-0.3, -0.25) is 9.98 Å². The van der Waals surface area contributed by atoms with Gasteiger partial charge in [0.1, 0.15) is 5.82 Å². The fourth-order valence-corrected chi connectivity index (χ4v) is 4.12. The molecule has 0 amide bonds. The Morgan fingerprint density at radius 2 is 1.87 bits per heavy atom. The molecule has 0 saturated carbocycles. The zero-order chi connectivity index (χ0) is 17.5. The van der Waals surface area contributed by atoms with Crippen LogP contribution in [0.1, 0.15) is 16.1 Å². The molecule has 0 aliphatic rings. The van der Waals surface area contributed by atoms with Crippen LogP contribution in [0.25, 0.3) is 5.69 Å². The largest absolute Gasteiger partial charge is 0.611 e. The summed E-state index contributed by atoms with van der Waals surface area (Å²) in [4.78, 5) is 0.775. The highest BCUT2D eigenvalue weighted by molar-refractivity contribution is 7.91. The van der Waals surface area contributed by atoms with Crippen LogP contribution in [0, 0.1) is 32.0 Å². The summed E-state index contributed by atoms with van der Waals surface area (Å²) in [5, 5.41) is 7.90. The van der Waals surface area contributed by atoms with Crippen molar-refractivity contribution in [1.82, 2.24) is 4.57 Å². The molecule has 1 aromatic heterocycles. The molecular formula is C14H14F4N2OS2. The average molecular weight is 366 g/mol. The summed E-state index contributed by atoms with van der Waals surface area (Å²) >= 11 is -1.19. The van der Waals surface area contributed by atoms with Gasteiger partial charge in [0.05, 0.1) is 5.69 Å². The molecule has 1 heterocycles. The first-order valence-electron chi connectivity index (χ1n) is 6.50. The minimum absolute atomic E-state index is 0.0512. The van der Waals surface area contributed by atoms with Gasteiger partial charge in [0.25, 0.3) is 0 Å². The number of hydrogen-bond acceptors (Lipinski definition) is 3. The van der Waals surface area contributed by atoms with Gasteiger partial charge in [-0.15, -0.1) is 11.3 Å². The molecule has 0 fully saturated rings. The van der Waals surface area contributed by atoms with Crippen molar-refractivity contribution in [2.24, 2.45) is 0 Å². The molecule has 0 aliphatic heterocycles. The number of benzene rings is 1. The van der Waals surface area contributed by atoms with E-state index in [-0.39, 0.29) is 20.9 Å². The number of rotatable bonds is 3. The number of hydrogen-bond donors (Lipinski definition) is 1. The Balaban J connectivity index is 2.59. The second-order valence-electron chi connectivity index (χ2n) is 5.06. The molecule has 23 heavy (non-hydrogen) atoms. The number of thiazole rings is 1. The third-order valence-electron chi connectivity index (χ3n) is 3.32. The van der Waals surface area contributed by atoms with Gasteiger partial charge in [-0.25, -0.2) is 4.39 Å². The third kappa shape index (κ3) is 3.78. The maximum absolute atomic E-state index is 14.3. The van der Waals surface area contributed by atoms with E-state index in [0.29, 0.717) is 5.69 Å². The SMILES string of the molecule is Cc1cc(F)c(-n2c(C)c(C)sc2=N)cc1[S+]([O-])CC(F)(F)F. The molecule has 2 aromatic rings.